The van der Waals surface area contributed by atoms with Crippen LogP contribution >= 0.6 is 26.6 Å². The van der Waals surface area contributed by atoms with E-state index in [1.54, 1.807) is 0 Å². The second kappa shape index (κ2) is 4.80. The fourth-order valence-electron chi connectivity index (χ4n) is 0.926. The molecule has 4 nitrogen and oxygen atoms in total. The molecule has 90 valence electrons. The number of ether oxygens (including phenoxy) is 1. The number of hydrogen-bond donors (Lipinski definition) is 0. The van der Waals surface area contributed by atoms with Crippen molar-refractivity contribution in [2.24, 2.45) is 0 Å². The van der Waals surface area contributed by atoms with E-state index in [9.17, 15) is 17.2 Å². The first-order valence-electron chi connectivity index (χ1n) is 3.74. The van der Waals surface area contributed by atoms with Gasteiger partial charge in [0.1, 0.15) is 10.6 Å². The SMILES string of the molecule is COc1nc(C(F)F)cc(S(=O)(=O)Cl)c1Br. The standard InChI is InChI=1S/C7H5BrClF2NO3S/c1-15-7-5(8)4(16(9,13)14)2-3(12-7)6(10)11/h2,6H,1H3. The molecule has 0 bridgehead atoms. The highest BCUT2D eigenvalue weighted by Crippen LogP contribution is 2.34. The summed E-state index contributed by atoms with van der Waals surface area (Å²) < 4.78 is 51.6. The number of rotatable bonds is 3. The molecule has 1 heterocycles. The Morgan fingerprint density at radius 2 is 2.12 bits per heavy atom. The summed E-state index contributed by atoms with van der Waals surface area (Å²) in [5.74, 6) is -0.267. The molecule has 0 aromatic carbocycles. The summed E-state index contributed by atoms with van der Waals surface area (Å²) in [7, 11) is 2.11. The molecule has 16 heavy (non-hydrogen) atoms. The summed E-state index contributed by atoms with van der Waals surface area (Å²) in [5, 5.41) is 0. The number of pyridine rings is 1. The van der Waals surface area contributed by atoms with E-state index >= 15 is 0 Å². The quantitative estimate of drug-likeness (QED) is 0.796. The minimum atomic E-state index is -4.15. The first kappa shape index (κ1) is 13.6. The lowest BCUT2D eigenvalue weighted by atomic mass is 10.3. The average Bonchev–Trinajstić information content (AvgIpc) is 2.15. The van der Waals surface area contributed by atoms with Gasteiger partial charge in [-0.05, 0) is 22.0 Å². The van der Waals surface area contributed by atoms with E-state index in [1.807, 2.05) is 0 Å². The molecule has 0 fully saturated rings. The molecule has 1 aromatic heterocycles. The second-order valence-electron chi connectivity index (χ2n) is 2.61. The van der Waals surface area contributed by atoms with Crippen molar-refractivity contribution in [3.05, 3.63) is 16.2 Å². The Morgan fingerprint density at radius 1 is 1.56 bits per heavy atom. The summed E-state index contributed by atoms with van der Waals surface area (Å²) in [6, 6.07) is 0.694. The molecule has 1 aromatic rings. The molecule has 1 rings (SSSR count). The Labute approximate surface area is 103 Å². The number of nitrogens with zero attached hydrogens (tertiary/aromatic N) is 1. The van der Waals surface area contributed by atoms with Gasteiger partial charge in [-0.25, -0.2) is 22.2 Å². The number of methoxy groups -OCH3 is 1. The fourth-order valence-corrected chi connectivity index (χ4v) is 3.14. The summed E-state index contributed by atoms with van der Waals surface area (Å²) >= 11 is 2.86. The largest absolute Gasteiger partial charge is 0.480 e. The molecule has 0 unspecified atom stereocenters. The van der Waals surface area contributed by atoms with E-state index in [0.29, 0.717) is 6.07 Å². The lowest BCUT2D eigenvalue weighted by Crippen LogP contribution is -2.01. The summed E-state index contributed by atoms with van der Waals surface area (Å²) in [6.45, 7) is 0. The molecule has 0 amide bonds. The number of alkyl halides is 2. The molecule has 0 aliphatic heterocycles. The molecular formula is C7H5BrClF2NO3S. The third-order valence-corrected chi connectivity index (χ3v) is 3.97. The van der Waals surface area contributed by atoms with Crippen LogP contribution in [0.25, 0.3) is 0 Å². The molecule has 0 aliphatic rings. The van der Waals surface area contributed by atoms with Crippen molar-refractivity contribution < 1.29 is 21.9 Å². The summed E-state index contributed by atoms with van der Waals surface area (Å²) in [5.41, 5.74) is -0.723. The summed E-state index contributed by atoms with van der Waals surface area (Å²) in [4.78, 5) is 2.92. The van der Waals surface area contributed by atoms with E-state index in [4.69, 9.17) is 10.7 Å². The Morgan fingerprint density at radius 3 is 2.50 bits per heavy atom. The second-order valence-corrected chi connectivity index (χ2v) is 5.93. The van der Waals surface area contributed by atoms with Crippen LogP contribution in [0.2, 0.25) is 0 Å². The van der Waals surface area contributed by atoms with Gasteiger partial charge in [0.25, 0.3) is 15.5 Å². The van der Waals surface area contributed by atoms with Crippen LogP contribution in [0.1, 0.15) is 12.1 Å². The minimum absolute atomic E-state index is 0.0885. The Kier molecular flexibility index (Phi) is 4.08. The molecule has 0 radical (unpaired) electrons. The lowest BCUT2D eigenvalue weighted by molar-refractivity contribution is 0.144. The molecular weight excluding hydrogens is 332 g/mol. The van der Waals surface area contributed by atoms with Crippen LogP contribution in [0.4, 0.5) is 8.78 Å². The van der Waals surface area contributed by atoms with Crippen LogP contribution in [-0.2, 0) is 9.05 Å². The van der Waals surface area contributed by atoms with Crippen molar-refractivity contribution in [2.75, 3.05) is 7.11 Å². The van der Waals surface area contributed by atoms with Crippen molar-refractivity contribution in [3.63, 3.8) is 0 Å². The third-order valence-electron chi connectivity index (χ3n) is 1.59. The van der Waals surface area contributed by atoms with E-state index in [-0.39, 0.29) is 10.4 Å². The van der Waals surface area contributed by atoms with Gasteiger partial charge in [-0.1, -0.05) is 0 Å². The Balaban J connectivity index is 3.55. The van der Waals surface area contributed by atoms with Crippen LogP contribution in [0.5, 0.6) is 5.88 Å². The number of halogens is 4. The van der Waals surface area contributed by atoms with Crippen molar-refractivity contribution in [2.45, 2.75) is 11.3 Å². The van der Waals surface area contributed by atoms with Crippen molar-refractivity contribution in [1.29, 1.82) is 0 Å². The first-order valence-corrected chi connectivity index (χ1v) is 6.85. The van der Waals surface area contributed by atoms with Gasteiger partial charge in [0.15, 0.2) is 0 Å². The minimum Gasteiger partial charge on any atom is -0.480 e. The van der Waals surface area contributed by atoms with Gasteiger partial charge in [0.05, 0.1) is 11.6 Å². The Hall–Kier alpha value is -0.470. The van der Waals surface area contributed by atoms with Crippen molar-refractivity contribution >= 4 is 35.7 Å². The van der Waals surface area contributed by atoms with E-state index < -0.39 is 26.1 Å². The van der Waals surface area contributed by atoms with Crippen molar-refractivity contribution in [3.8, 4) is 5.88 Å². The van der Waals surface area contributed by atoms with Gasteiger partial charge < -0.3 is 4.74 Å². The maximum Gasteiger partial charge on any atom is 0.280 e. The predicted octanol–water partition coefficient (Wildman–Crippen LogP) is 2.72. The van der Waals surface area contributed by atoms with Crippen LogP contribution in [-0.4, -0.2) is 20.5 Å². The molecule has 0 spiro atoms. The van der Waals surface area contributed by atoms with Gasteiger partial charge in [-0.3, -0.25) is 0 Å². The zero-order chi connectivity index (χ0) is 12.5. The molecule has 0 saturated heterocycles. The molecule has 0 N–H and O–H groups in total. The Bertz CT molecular complexity index is 509. The van der Waals surface area contributed by atoms with Gasteiger partial charge >= 0.3 is 0 Å². The smallest absolute Gasteiger partial charge is 0.280 e. The molecule has 0 aliphatic carbocycles. The first-order chi connectivity index (χ1) is 7.27. The zero-order valence-electron chi connectivity index (χ0n) is 7.75. The third kappa shape index (κ3) is 2.80. The summed E-state index contributed by atoms with van der Waals surface area (Å²) in [6.07, 6.45) is -2.92. The van der Waals surface area contributed by atoms with Gasteiger partial charge in [0, 0.05) is 10.7 Å². The fraction of sp³-hybridized carbons (Fsp3) is 0.286. The predicted molar refractivity (Wildman–Crippen MR) is 56.5 cm³/mol. The van der Waals surface area contributed by atoms with Gasteiger partial charge in [-0.2, -0.15) is 0 Å². The molecule has 0 saturated carbocycles. The van der Waals surface area contributed by atoms with Crippen LogP contribution in [0.3, 0.4) is 0 Å². The number of hydrogen-bond acceptors (Lipinski definition) is 4. The average molecular weight is 337 g/mol. The van der Waals surface area contributed by atoms with E-state index in [1.165, 1.54) is 7.11 Å². The highest BCUT2D eigenvalue weighted by molar-refractivity contribution is 9.10. The van der Waals surface area contributed by atoms with E-state index in [0.717, 1.165) is 0 Å². The van der Waals surface area contributed by atoms with Crippen LogP contribution in [0.15, 0.2) is 15.4 Å². The number of aromatic nitrogens is 1. The van der Waals surface area contributed by atoms with Crippen molar-refractivity contribution in [1.82, 2.24) is 4.98 Å². The van der Waals surface area contributed by atoms with E-state index in [2.05, 4.69) is 25.7 Å². The van der Waals surface area contributed by atoms with Crippen LogP contribution in [0, 0.1) is 0 Å². The zero-order valence-corrected chi connectivity index (χ0v) is 10.9. The maximum atomic E-state index is 12.4. The lowest BCUT2D eigenvalue weighted by Gasteiger charge is -2.08. The monoisotopic (exact) mass is 335 g/mol. The highest BCUT2D eigenvalue weighted by Gasteiger charge is 2.23. The topological polar surface area (TPSA) is 56.3 Å². The molecule has 0 atom stereocenters. The maximum absolute atomic E-state index is 12.4. The van der Waals surface area contributed by atoms with Crippen LogP contribution < -0.4 is 4.74 Å². The molecule has 9 heteroatoms. The van der Waals surface area contributed by atoms with Gasteiger partial charge in [0.2, 0.25) is 5.88 Å². The highest BCUT2D eigenvalue weighted by atomic mass is 79.9. The van der Waals surface area contributed by atoms with Gasteiger partial charge in [-0.15, -0.1) is 0 Å². The normalized spacial score (nSPS) is 11.9.